The molecule has 2 nitrogen and oxygen atoms in total. The van der Waals surface area contributed by atoms with Crippen molar-refractivity contribution in [3.8, 4) is 0 Å². The summed E-state index contributed by atoms with van der Waals surface area (Å²) in [6.07, 6.45) is 2.69. The highest BCUT2D eigenvalue weighted by molar-refractivity contribution is 6.32. The van der Waals surface area contributed by atoms with Gasteiger partial charge in [0, 0.05) is 12.1 Å². The van der Waals surface area contributed by atoms with E-state index in [-0.39, 0.29) is 5.02 Å². The Morgan fingerprint density at radius 3 is 3.07 bits per heavy atom. The predicted molar refractivity (Wildman–Crippen MR) is 55.9 cm³/mol. The topological polar surface area (TPSA) is 26.3 Å². The molecule has 4 heteroatoms. The summed E-state index contributed by atoms with van der Waals surface area (Å²) in [6.45, 7) is 2.02. The highest BCUT2D eigenvalue weighted by Gasteiger charge is 2.00. The molecule has 0 unspecified atom stereocenters. The molecule has 1 rings (SSSR count). The number of rotatable bonds is 3. The van der Waals surface area contributed by atoms with Crippen LogP contribution in [0.4, 0.5) is 4.39 Å². The predicted octanol–water partition coefficient (Wildman–Crippen LogP) is 2.86. The van der Waals surface area contributed by atoms with Crippen molar-refractivity contribution in [2.24, 2.45) is 0 Å². The van der Waals surface area contributed by atoms with E-state index in [9.17, 15) is 9.18 Å². The van der Waals surface area contributed by atoms with E-state index in [0.29, 0.717) is 12.2 Å². The van der Waals surface area contributed by atoms with Gasteiger partial charge < -0.3 is 4.74 Å². The van der Waals surface area contributed by atoms with Crippen molar-refractivity contribution in [3.63, 3.8) is 0 Å². The Morgan fingerprint density at radius 2 is 2.47 bits per heavy atom. The molecule has 1 aromatic rings. The summed E-state index contributed by atoms with van der Waals surface area (Å²) < 4.78 is 17.3. The molecule has 15 heavy (non-hydrogen) atoms. The first kappa shape index (κ1) is 11.7. The molecule has 1 radical (unpaired) electrons. The Hall–Kier alpha value is -1.35. The van der Waals surface area contributed by atoms with Crippen molar-refractivity contribution in [1.82, 2.24) is 0 Å². The summed E-state index contributed by atoms with van der Waals surface area (Å²) >= 11 is 5.73. The van der Waals surface area contributed by atoms with E-state index >= 15 is 0 Å². The van der Waals surface area contributed by atoms with Crippen LogP contribution in [-0.2, 0) is 9.53 Å². The molecule has 0 aliphatic carbocycles. The van der Waals surface area contributed by atoms with Gasteiger partial charge in [0.05, 0.1) is 11.6 Å². The molecule has 0 spiro atoms. The Balaban J connectivity index is 2.76. The Bertz CT molecular complexity index is 388. The number of esters is 1. The van der Waals surface area contributed by atoms with Crippen molar-refractivity contribution in [3.05, 3.63) is 40.7 Å². The third-order valence-corrected chi connectivity index (χ3v) is 1.91. The van der Waals surface area contributed by atoms with Crippen molar-refractivity contribution >= 4 is 23.6 Å². The van der Waals surface area contributed by atoms with Crippen molar-refractivity contribution < 1.29 is 13.9 Å². The molecule has 0 bridgehead atoms. The van der Waals surface area contributed by atoms with Gasteiger partial charge in [-0.1, -0.05) is 11.6 Å². The number of halogens is 2. The number of carbonyl (C=O) groups excluding carboxylic acids is 1. The van der Waals surface area contributed by atoms with Crippen molar-refractivity contribution in [2.45, 2.75) is 6.92 Å². The van der Waals surface area contributed by atoms with E-state index in [1.807, 2.05) is 0 Å². The fourth-order valence-corrected chi connectivity index (χ4v) is 1.14. The molecule has 0 N–H and O–H groups in total. The van der Waals surface area contributed by atoms with Gasteiger partial charge in [-0.05, 0) is 30.7 Å². The van der Waals surface area contributed by atoms with E-state index in [1.165, 1.54) is 18.2 Å². The van der Waals surface area contributed by atoms with E-state index < -0.39 is 11.8 Å². The van der Waals surface area contributed by atoms with Crippen molar-refractivity contribution in [2.75, 3.05) is 6.61 Å². The van der Waals surface area contributed by atoms with Crippen LogP contribution in [0.15, 0.2) is 18.2 Å². The first-order valence-corrected chi connectivity index (χ1v) is 4.73. The van der Waals surface area contributed by atoms with Crippen molar-refractivity contribution in [1.29, 1.82) is 0 Å². The van der Waals surface area contributed by atoms with Crippen LogP contribution in [-0.4, -0.2) is 12.6 Å². The highest BCUT2D eigenvalue weighted by atomic mass is 35.5. The molecule has 0 fully saturated rings. The molecule has 0 atom stereocenters. The molecule has 0 saturated carbocycles. The molecule has 1 aromatic carbocycles. The Morgan fingerprint density at radius 1 is 1.73 bits per heavy atom. The zero-order valence-electron chi connectivity index (χ0n) is 8.09. The van der Waals surface area contributed by atoms with Crippen LogP contribution in [0.1, 0.15) is 12.5 Å². The largest absolute Gasteiger partial charge is 0.463 e. The summed E-state index contributed by atoms with van der Waals surface area (Å²) in [7, 11) is 0. The van der Waals surface area contributed by atoms with Gasteiger partial charge in [-0.25, -0.2) is 9.18 Å². The molecule has 0 aliphatic heterocycles. The molecule has 79 valence electrons. The minimum absolute atomic E-state index is 0.229. The maximum Gasteiger partial charge on any atom is 0.330 e. The van der Waals surface area contributed by atoms with E-state index in [1.54, 1.807) is 6.92 Å². The van der Waals surface area contributed by atoms with E-state index in [4.69, 9.17) is 11.6 Å². The lowest BCUT2D eigenvalue weighted by Crippen LogP contribution is -1.98. The lowest BCUT2D eigenvalue weighted by Gasteiger charge is -1.98. The standard InChI is InChI=1S/C11H9ClFO2/c1-2-15-11(14)6-4-8-3-5-9(13)7-10(8)12/h3-4,6-7H,2H2,1H3/b6-4+. The summed E-state index contributed by atoms with van der Waals surface area (Å²) in [5, 5.41) is 0.229. The van der Waals surface area contributed by atoms with Gasteiger partial charge in [0.2, 0.25) is 0 Å². The fourth-order valence-electron chi connectivity index (χ4n) is 0.928. The quantitative estimate of drug-likeness (QED) is 0.586. The van der Waals surface area contributed by atoms with E-state index in [2.05, 4.69) is 10.8 Å². The fraction of sp³-hybridized carbons (Fsp3) is 0.182. The van der Waals surface area contributed by atoms with Gasteiger partial charge >= 0.3 is 5.97 Å². The van der Waals surface area contributed by atoms with E-state index in [0.717, 1.165) is 6.07 Å². The highest BCUT2D eigenvalue weighted by Crippen LogP contribution is 2.18. The molecule has 0 aliphatic rings. The van der Waals surface area contributed by atoms with Gasteiger partial charge in [0.1, 0.15) is 5.82 Å². The number of hydrogen-bond acceptors (Lipinski definition) is 2. The molecule has 0 aromatic heterocycles. The van der Waals surface area contributed by atoms with Crippen LogP contribution < -0.4 is 0 Å². The van der Waals surface area contributed by atoms with Crippen LogP contribution in [0.3, 0.4) is 0 Å². The van der Waals surface area contributed by atoms with Gasteiger partial charge in [0.15, 0.2) is 0 Å². The maximum atomic E-state index is 12.6. The first-order chi connectivity index (χ1) is 7.13. The molecular formula is C11H9ClFO2. The third-order valence-electron chi connectivity index (χ3n) is 1.58. The van der Waals surface area contributed by atoms with Crippen LogP contribution in [0.2, 0.25) is 5.02 Å². The van der Waals surface area contributed by atoms with Crippen LogP contribution in [0.5, 0.6) is 0 Å². The average molecular weight is 228 g/mol. The minimum atomic E-state index is -0.534. The molecule has 0 saturated heterocycles. The lowest BCUT2D eigenvalue weighted by atomic mass is 10.2. The maximum absolute atomic E-state index is 12.6. The van der Waals surface area contributed by atoms with Gasteiger partial charge in [-0.2, -0.15) is 0 Å². The minimum Gasteiger partial charge on any atom is -0.463 e. The molecule has 0 amide bonds. The second-order valence-electron chi connectivity index (χ2n) is 2.67. The van der Waals surface area contributed by atoms with Gasteiger partial charge in [0.25, 0.3) is 0 Å². The number of carbonyl (C=O) groups is 1. The second-order valence-corrected chi connectivity index (χ2v) is 3.08. The van der Waals surface area contributed by atoms with Gasteiger partial charge in [-0.3, -0.25) is 0 Å². The summed E-state index contributed by atoms with van der Waals surface area (Å²) in [4.78, 5) is 11.0. The summed E-state index contributed by atoms with van der Waals surface area (Å²) in [6, 6.07) is 4.84. The number of hydrogen-bond donors (Lipinski definition) is 0. The summed E-state index contributed by atoms with van der Waals surface area (Å²) in [5.74, 6) is -0.994. The zero-order valence-corrected chi connectivity index (χ0v) is 8.84. The second kappa shape index (κ2) is 5.51. The first-order valence-electron chi connectivity index (χ1n) is 4.35. The summed E-state index contributed by atoms with van der Waals surface area (Å²) in [5.41, 5.74) is 0.520. The average Bonchev–Trinajstić information content (AvgIpc) is 2.17. The molecule has 0 heterocycles. The number of ether oxygens (including phenoxy) is 1. The zero-order chi connectivity index (χ0) is 11.3. The Kier molecular flexibility index (Phi) is 4.31. The van der Waals surface area contributed by atoms with Crippen LogP contribution in [0.25, 0.3) is 6.08 Å². The third kappa shape index (κ3) is 3.72. The SMILES string of the molecule is CCOC(=O)/C=C/c1c[c]c(F)cc1Cl. The smallest absolute Gasteiger partial charge is 0.330 e. The normalized spacial score (nSPS) is 10.6. The Labute approximate surface area is 92.3 Å². The molecular weight excluding hydrogens is 219 g/mol. The van der Waals surface area contributed by atoms with Crippen LogP contribution >= 0.6 is 11.6 Å². The van der Waals surface area contributed by atoms with Crippen LogP contribution in [0, 0.1) is 11.9 Å². The lowest BCUT2D eigenvalue weighted by molar-refractivity contribution is -0.137. The monoisotopic (exact) mass is 227 g/mol. The number of benzene rings is 1. The van der Waals surface area contributed by atoms with Gasteiger partial charge in [-0.15, -0.1) is 0 Å².